The van der Waals surface area contributed by atoms with Crippen LogP contribution in [0.3, 0.4) is 0 Å². The van der Waals surface area contributed by atoms with Gasteiger partial charge < -0.3 is 10.4 Å². The molecular formula is C51H92N4OS2. The van der Waals surface area contributed by atoms with Gasteiger partial charge >= 0.3 is 0 Å². The van der Waals surface area contributed by atoms with Gasteiger partial charge in [0.25, 0.3) is 0 Å². The number of unbranched alkanes of at least 4 members (excludes halogenated alkanes) is 25. The van der Waals surface area contributed by atoms with Crippen molar-refractivity contribution in [1.29, 1.82) is 0 Å². The smallest absolute Gasteiger partial charge is 0.232 e. The van der Waals surface area contributed by atoms with E-state index < -0.39 is 0 Å². The molecule has 0 aliphatic rings. The molecule has 1 aromatic carbocycles. The van der Waals surface area contributed by atoms with Crippen molar-refractivity contribution < 1.29 is 5.11 Å². The van der Waals surface area contributed by atoms with Gasteiger partial charge in [0.15, 0.2) is 10.3 Å². The Hall–Kier alpha value is -1.47. The number of aromatic nitrogens is 3. The highest BCUT2D eigenvalue weighted by atomic mass is 32.2. The van der Waals surface area contributed by atoms with E-state index in [-0.39, 0.29) is 10.8 Å². The molecular weight excluding hydrogens is 749 g/mol. The first kappa shape index (κ1) is 52.7. The van der Waals surface area contributed by atoms with Crippen LogP contribution in [0.2, 0.25) is 0 Å². The fourth-order valence-electron chi connectivity index (χ4n) is 8.05. The lowest BCUT2D eigenvalue weighted by molar-refractivity contribution is 0.421. The Kier molecular flexibility index (Phi) is 28.5. The normalized spacial score (nSPS) is 12.2. The molecule has 0 atom stereocenters. The third kappa shape index (κ3) is 22.9. The number of benzene rings is 1. The summed E-state index contributed by atoms with van der Waals surface area (Å²) in [7, 11) is 0. The maximum atomic E-state index is 12.0. The fraction of sp³-hybridized carbons (Fsp3) is 0.824. The molecule has 334 valence electrons. The summed E-state index contributed by atoms with van der Waals surface area (Å²) in [5.74, 6) is 3.15. The second-order valence-electron chi connectivity index (χ2n) is 19.3. The number of thioether (sulfide) groups is 2. The summed E-state index contributed by atoms with van der Waals surface area (Å²) < 4.78 is 0. The van der Waals surface area contributed by atoms with Crippen molar-refractivity contribution in [2.75, 3.05) is 16.8 Å². The number of aromatic hydroxyl groups is 1. The van der Waals surface area contributed by atoms with Gasteiger partial charge in [0, 0.05) is 28.3 Å². The van der Waals surface area contributed by atoms with Gasteiger partial charge in [0.05, 0.1) is 0 Å². The molecule has 2 N–H and O–H groups in total. The predicted molar refractivity (Wildman–Crippen MR) is 260 cm³/mol. The summed E-state index contributed by atoms with van der Waals surface area (Å²) in [6, 6.07) is 2.20. The van der Waals surface area contributed by atoms with Gasteiger partial charge in [-0.05, 0) is 48.1 Å². The summed E-state index contributed by atoms with van der Waals surface area (Å²) in [6.45, 7) is 20.2. The van der Waals surface area contributed by atoms with Crippen LogP contribution in [0, 0.1) is 0 Å². The minimum atomic E-state index is -0.221. The summed E-state index contributed by atoms with van der Waals surface area (Å²) >= 11 is 3.55. The van der Waals surface area contributed by atoms with E-state index in [9.17, 15) is 5.11 Å². The molecule has 0 amide bonds. The monoisotopic (exact) mass is 841 g/mol. The quantitative estimate of drug-likeness (QED) is 0.0407. The van der Waals surface area contributed by atoms with Crippen molar-refractivity contribution in [3.63, 3.8) is 0 Å². The van der Waals surface area contributed by atoms with Gasteiger partial charge in [-0.25, -0.2) is 0 Å². The number of anilines is 2. The molecule has 1 aromatic heterocycles. The molecule has 0 radical (unpaired) electrons. The highest BCUT2D eigenvalue weighted by Crippen LogP contribution is 2.45. The zero-order chi connectivity index (χ0) is 42.5. The van der Waals surface area contributed by atoms with Crippen molar-refractivity contribution >= 4 is 35.2 Å². The second kappa shape index (κ2) is 31.4. The molecule has 58 heavy (non-hydrogen) atoms. The summed E-state index contributed by atoms with van der Waals surface area (Å²) in [5.41, 5.74) is 3.85. The first-order valence-electron chi connectivity index (χ1n) is 24.6. The molecule has 2 aromatic rings. The van der Waals surface area contributed by atoms with E-state index >= 15 is 0 Å². The SMILES string of the molecule is CCCCCCCCCCCCCCCCCCc1c(Nc2nc(SCCCCCCCC)nc(SCCCCCCCC)n2)cc(C(C)(C)C)c(O)c1C(C)(C)C. The Morgan fingerprint density at radius 1 is 0.483 bits per heavy atom. The third-order valence-corrected chi connectivity index (χ3v) is 13.4. The maximum absolute atomic E-state index is 12.0. The van der Waals surface area contributed by atoms with E-state index in [1.807, 2.05) is 0 Å². The lowest BCUT2D eigenvalue weighted by Crippen LogP contribution is -2.21. The number of nitrogens with one attached hydrogen (secondary N) is 1. The Morgan fingerprint density at radius 3 is 1.21 bits per heavy atom. The van der Waals surface area contributed by atoms with Crippen molar-refractivity contribution in [3.8, 4) is 5.75 Å². The first-order chi connectivity index (χ1) is 27.9. The first-order valence-corrected chi connectivity index (χ1v) is 26.6. The molecule has 0 fully saturated rings. The zero-order valence-electron chi connectivity index (χ0n) is 39.6. The lowest BCUT2D eigenvalue weighted by Gasteiger charge is -2.31. The molecule has 0 aliphatic heterocycles. The molecule has 0 bridgehead atoms. The predicted octanol–water partition coefficient (Wildman–Crippen LogP) is 17.6. The van der Waals surface area contributed by atoms with E-state index in [1.54, 1.807) is 23.5 Å². The van der Waals surface area contributed by atoms with Crippen LogP contribution >= 0.6 is 23.5 Å². The molecule has 7 heteroatoms. The van der Waals surface area contributed by atoms with Gasteiger partial charge in [-0.1, -0.05) is 246 Å². The molecule has 0 aliphatic carbocycles. The van der Waals surface area contributed by atoms with Crippen LogP contribution in [0.5, 0.6) is 5.75 Å². The molecule has 0 saturated heterocycles. The number of rotatable bonds is 35. The topological polar surface area (TPSA) is 70.9 Å². The minimum Gasteiger partial charge on any atom is -0.507 e. The molecule has 0 spiro atoms. The van der Waals surface area contributed by atoms with Crippen molar-refractivity contribution in [3.05, 3.63) is 22.8 Å². The van der Waals surface area contributed by atoms with Crippen LogP contribution in [0.15, 0.2) is 16.4 Å². The number of phenolic OH excluding ortho intramolecular Hbond substituents is 1. The fourth-order valence-corrected chi connectivity index (χ4v) is 9.77. The van der Waals surface area contributed by atoms with Gasteiger partial charge in [-0.2, -0.15) is 15.0 Å². The highest BCUT2D eigenvalue weighted by molar-refractivity contribution is 7.99. The van der Waals surface area contributed by atoms with Crippen molar-refractivity contribution in [2.45, 2.75) is 270 Å². The van der Waals surface area contributed by atoms with E-state index in [4.69, 9.17) is 15.0 Å². The van der Waals surface area contributed by atoms with Gasteiger partial charge in [-0.3, -0.25) is 0 Å². The second-order valence-corrected chi connectivity index (χ2v) is 21.4. The van der Waals surface area contributed by atoms with Gasteiger partial charge in [0.1, 0.15) is 5.75 Å². The van der Waals surface area contributed by atoms with E-state index in [1.165, 1.54) is 179 Å². The molecule has 0 saturated carbocycles. The largest absolute Gasteiger partial charge is 0.507 e. The Balaban J connectivity index is 2.16. The van der Waals surface area contributed by atoms with Gasteiger partial charge in [0.2, 0.25) is 5.95 Å². The Morgan fingerprint density at radius 2 is 0.845 bits per heavy atom. The maximum Gasteiger partial charge on any atom is 0.232 e. The zero-order valence-corrected chi connectivity index (χ0v) is 41.2. The van der Waals surface area contributed by atoms with Gasteiger partial charge in [-0.15, -0.1) is 0 Å². The summed E-state index contributed by atoms with van der Waals surface area (Å²) in [4.78, 5) is 15.0. The van der Waals surface area contributed by atoms with Crippen molar-refractivity contribution in [2.24, 2.45) is 0 Å². The van der Waals surface area contributed by atoms with Crippen LogP contribution in [0.4, 0.5) is 11.6 Å². The number of hydrogen-bond donors (Lipinski definition) is 2. The number of phenols is 1. The van der Waals surface area contributed by atoms with E-state index in [0.29, 0.717) is 11.7 Å². The summed E-state index contributed by atoms with van der Waals surface area (Å²) in [5, 5.41) is 17.4. The van der Waals surface area contributed by atoms with Crippen LogP contribution in [0.25, 0.3) is 0 Å². The number of hydrogen-bond acceptors (Lipinski definition) is 7. The standard InChI is InChI=1S/C51H92N4OS2/c1-10-13-16-19-22-23-24-25-26-27-28-29-30-31-32-35-38-42-44(41-43(50(4,5)6)46(56)45(42)51(7,8)9)52-47-53-48(57-39-36-33-20-17-14-11-2)55-49(54-47)58-40-37-34-21-18-15-12-3/h41,56H,10-40H2,1-9H3,(H,52,53,54,55). The number of nitrogens with zero attached hydrogens (tertiary/aromatic N) is 3. The minimum absolute atomic E-state index is 0.220. The van der Waals surface area contributed by atoms with E-state index in [0.717, 1.165) is 51.5 Å². The lowest BCUT2D eigenvalue weighted by atomic mass is 9.75. The summed E-state index contributed by atoms with van der Waals surface area (Å²) in [6.07, 6.45) is 38.2. The molecule has 1 heterocycles. The molecule has 0 unspecified atom stereocenters. The Bertz CT molecular complexity index is 1300. The average molecular weight is 841 g/mol. The third-order valence-electron chi connectivity index (χ3n) is 11.5. The van der Waals surface area contributed by atoms with Crippen LogP contribution in [0.1, 0.15) is 259 Å². The van der Waals surface area contributed by atoms with Crippen molar-refractivity contribution in [1.82, 2.24) is 15.0 Å². The van der Waals surface area contributed by atoms with E-state index in [2.05, 4.69) is 73.7 Å². The average Bonchev–Trinajstić information content (AvgIpc) is 3.16. The Labute approximate surface area is 368 Å². The molecule has 5 nitrogen and oxygen atoms in total. The van der Waals surface area contributed by atoms with Crippen LogP contribution < -0.4 is 5.32 Å². The van der Waals surface area contributed by atoms with Crippen LogP contribution in [-0.2, 0) is 17.3 Å². The highest BCUT2D eigenvalue weighted by Gasteiger charge is 2.30. The molecule has 2 rings (SSSR count). The van der Waals surface area contributed by atoms with Crippen LogP contribution in [-0.4, -0.2) is 31.6 Å².